The van der Waals surface area contributed by atoms with E-state index in [0.29, 0.717) is 16.9 Å². The van der Waals surface area contributed by atoms with Gasteiger partial charge in [-0.15, -0.1) is 0 Å². The van der Waals surface area contributed by atoms with Crippen molar-refractivity contribution in [2.24, 2.45) is 11.7 Å². The topological polar surface area (TPSA) is 29.3 Å². The van der Waals surface area contributed by atoms with Gasteiger partial charge in [0.05, 0.1) is 0 Å². The fraction of sp³-hybridized carbons (Fsp3) is 0.500. The smallest absolute Gasteiger partial charge is 0.106 e. The number of nitrogens with two attached hydrogens (primary N) is 1. The summed E-state index contributed by atoms with van der Waals surface area (Å²) in [6.45, 7) is 8.76. The summed E-state index contributed by atoms with van der Waals surface area (Å²) in [4.78, 5) is 2.74. The first kappa shape index (κ1) is 14.0. The van der Waals surface area contributed by atoms with Crippen LogP contribution in [0.15, 0.2) is 18.2 Å². The highest BCUT2D eigenvalue weighted by atomic mass is 32.1. The molecule has 0 spiro atoms. The van der Waals surface area contributed by atoms with Crippen molar-refractivity contribution in [2.75, 3.05) is 11.9 Å². The van der Waals surface area contributed by atoms with Crippen LogP contribution < -0.4 is 10.6 Å². The molecule has 0 aliphatic heterocycles. The summed E-state index contributed by atoms with van der Waals surface area (Å²) in [7, 11) is 2.11. The minimum atomic E-state index is 0.448. The molecule has 0 fully saturated rings. The molecule has 0 amide bonds. The van der Waals surface area contributed by atoms with Gasteiger partial charge in [-0.1, -0.05) is 38.2 Å². The number of hydrogen-bond acceptors (Lipinski definition) is 2. The number of hydrogen-bond donors (Lipinski definition) is 1. The van der Waals surface area contributed by atoms with E-state index in [-0.39, 0.29) is 0 Å². The van der Waals surface area contributed by atoms with Gasteiger partial charge in [-0.05, 0) is 31.4 Å². The van der Waals surface area contributed by atoms with Crippen molar-refractivity contribution in [1.29, 1.82) is 0 Å². The van der Waals surface area contributed by atoms with E-state index in [2.05, 4.69) is 45.7 Å². The van der Waals surface area contributed by atoms with Crippen LogP contribution in [-0.2, 0) is 0 Å². The molecule has 17 heavy (non-hydrogen) atoms. The van der Waals surface area contributed by atoms with E-state index in [0.717, 1.165) is 11.3 Å². The van der Waals surface area contributed by atoms with Crippen molar-refractivity contribution < 1.29 is 0 Å². The van der Waals surface area contributed by atoms with Crippen molar-refractivity contribution in [3.63, 3.8) is 0 Å². The highest BCUT2D eigenvalue weighted by Gasteiger charge is 2.18. The van der Waals surface area contributed by atoms with Crippen LogP contribution >= 0.6 is 12.2 Å². The van der Waals surface area contributed by atoms with Gasteiger partial charge in [-0.25, -0.2) is 0 Å². The average molecular weight is 250 g/mol. The molecule has 0 aliphatic carbocycles. The number of benzene rings is 1. The van der Waals surface area contributed by atoms with E-state index in [1.165, 1.54) is 5.56 Å². The summed E-state index contributed by atoms with van der Waals surface area (Å²) < 4.78 is 0. The summed E-state index contributed by atoms with van der Waals surface area (Å²) in [6, 6.07) is 6.54. The zero-order chi connectivity index (χ0) is 13.2. The summed E-state index contributed by atoms with van der Waals surface area (Å²) >= 11 is 5.13. The monoisotopic (exact) mass is 250 g/mol. The minimum Gasteiger partial charge on any atom is -0.389 e. The normalized spacial score (nSPS) is 12.6. The Bertz CT molecular complexity index is 413. The summed E-state index contributed by atoms with van der Waals surface area (Å²) in [5.41, 5.74) is 9.14. The first-order valence-electron chi connectivity index (χ1n) is 5.98. The molecule has 0 aliphatic rings. The van der Waals surface area contributed by atoms with Gasteiger partial charge < -0.3 is 10.6 Å². The lowest BCUT2D eigenvalue weighted by molar-refractivity contribution is 0.505. The van der Waals surface area contributed by atoms with Gasteiger partial charge in [0.1, 0.15) is 4.99 Å². The maximum Gasteiger partial charge on any atom is 0.106 e. The Kier molecular flexibility index (Phi) is 4.52. The molecule has 1 rings (SSSR count). The molecule has 0 saturated carbocycles. The molecule has 0 aromatic heterocycles. The summed E-state index contributed by atoms with van der Waals surface area (Å²) in [5.74, 6) is 0.582. The molecule has 2 N–H and O–H groups in total. The van der Waals surface area contributed by atoms with Crippen molar-refractivity contribution in [3.8, 4) is 0 Å². The Morgan fingerprint density at radius 3 is 2.35 bits per heavy atom. The van der Waals surface area contributed by atoms with Crippen molar-refractivity contribution in [3.05, 3.63) is 29.3 Å². The number of thiocarbonyl (C=S) groups is 1. The van der Waals surface area contributed by atoms with E-state index in [9.17, 15) is 0 Å². The largest absolute Gasteiger partial charge is 0.389 e. The van der Waals surface area contributed by atoms with E-state index in [1.54, 1.807) is 0 Å². The fourth-order valence-corrected chi connectivity index (χ4v) is 2.14. The predicted octanol–water partition coefficient (Wildman–Crippen LogP) is 3.11. The molecular weight excluding hydrogens is 228 g/mol. The molecule has 1 atom stereocenters. The van der Waals surface area contributed by atoms with Crippen molar-refractivity contribution in [2.45, 2.75) is 33.7 Å². The summed E-state index contributed by atoms with van der Waals surface area (Å²) in [5, 5.41) is 0. The second-order valence-corrected chi connectivity index (χ2v) is 5.37. The Morgan fingerprint density at radius 2 is 1.88 bits per heavy atom. The standard InChI is InChI=1S/C14H22N2S/c1-9(2)11(4)16(5)13-10(3)7-6-8-12(13)14(15)17/h6-9,11H,1-5H3,(H2,15,17). The van der Waals surface area contributed by atoms with Gasteiger partial charge in [0, 0.05) is 24.3 Å². The third kappa shape index (κ3) is 2.97. The Hall–Kier alpha value is -1.09. The Morgan fingerprint density at radius 1 is 1.29 bits per heavy atom. The highest BCUT2D eigenvalue weighted by molar-refractivity contribution is 7.80. The Balaban J connectivity index is 3.24. The quantitative estimate of drug-likeness (QED) is 0.833. The average Bonchev–Trinajstić information content (AvgIpc) is 2.26. The van der Waals surface area contributed by atoms with Gasteiger partial charge in [-0.3, -0.25) is 0 Å². The highest BCUT2D eigenvalue weighted by Crippen LogP contribution is 2.27. The van der Waals surface area contributed by atoms with Gasteiger partial charge in [-0.2, -0.15) is 0 Å². The maximum absolute atomic E-state index is 5.80. The van der Waals surface area contributed by atoms with E-state index in [1.807, 2.05) is 12.1 Å². The van der Waals surface area contributed by atoms with Gasteiger partial charge >= 0.3 is 0 Å². The lowest BCUT2D eigenvalue weighted by Crippen LogP contribution is -2.35. The molecule has 94 valence electrons. The van der Waals surface area contributed by atoms with Crippen LogP contribution in [0.4, 0.5) is 5.69 Å². The van der Waals surface area contributed by atoms with Crippen LogP contribution in [0, 0.1) is 12.8 Å². The predicted molar refractivity (Wildman–Crippen MR) is 79.8 cm³/mol. The van der Waals surface area contributed by atoms with Crippen LogP contribution in [0.2, 0.25) is 0 Å². The lowest BCUT2D eigenvalue weighted by atomic mass is 10.0. The van der Waals surface area contributed by atoms with E-state index >= 15 is 0 Å². The van der Waals surface area contributed by atoms with Gasteiger partial charge in [0.2, 0.25) is 0 Å². The lowest BCUT2D eigenvalue weighted by Gasteiger charge is -2.32. The van der Waals surface area contributed by atoms with Crippen LogP contribution in [-0.4, -0.2) is 18.1 Å². The minimum absolute atomic E-state index is 0.448. The number of para-hydroxylation sites is 1. The maximum atomic E-state index is 5.80. The van der Waals surface area contributed by atoms with Crippen LogP contribution in [0.25, 0.3) is 0 Å². The zero-order valence-corrected chi connectivity index (χ0v) is 12.1. The van der Waals surface area contributed by atoms with E-state index < -0.39 is 0 Å². The zero-order valence-electron chi connectivity index (χ0n) is 11.3. The molecule has 0 radical (unpaired) electrons. The third-order valence-electron chi connectivity index (χ3n) is 3.43. The number of nitrogens with zero attached hydrogens (tertiary/aromatic N) is 1. The van der Waals surface area contributed by atoms with E-state index in [4.69, 9.17) is 18.0 Å². The Labute approximate surface area is 110 Å². The fourth-order valence-electron chi connectivity index (χ4n) is 1.98. The molecule has 1 aromatic rings. The third-order valence-corrected chi connectivity index (χ3v) is 3.65. The molecule has 0 bridgehead atoms. The number of aryl methyl sites for hydroxylation is 1. The van der Waals surface area contributed by atoms with Crippen molar-refractivity contribution >= 4 is 22.9 Å². The molecule has 0 heterocycles. The molecular formula is C14H22N2S. The molecule has 2 nitrogen and oxygen atoms in total. The molecule has 3 heteroatoms. The SMILES string of the molecule is Cc1cccc(C(N)=S)c1N(C)C(C)C(C)C. The number of anilines is 1. The van der Waals surface area contributed by atoms with Gasteiger partial charge in [0.15, 0.2) is 0 Å². The van der Waals surface area contributed by atoms with Crippen LogP contribution in [0.5, 0.6) is 0 Å². The number of rotatable bonds is 4. The first-order chi connectivity index (χ1) is 7.86. The second-order valence-electron chi connectivity index (χ2n) is 4.93. The van der Waals surface area contributed by atoms with Crippen LogP contribution in [0.1, 0.15) is 31.9 Å². The second kappa shape index (κ2) is 5.50. The first-order valence-corrected chi connectivity index (χ1v) is 6.39. The molecule has 0 saturated heterocycles. The summed E-state index contributed by atoms with van der Waals surface area (Å²) in [6.07, 6.45) is 0. The molecule has 1 unspecified atom stereocenters. The van der Waals surface area contributed by atoms with Gasteiger partial charge in [0.25, 0.3) is 0 Å². The van der Waals surface area contributed by atoms with Crippen molar-refractivity contribution in [1.82, 2.24) is 0 Å². The van der Waals surface area contributed by atoms with Crippen LogP contribution in [0.3, 0.4) is 0 Å². The molecule has 1 aromatic carbocycles.